The van der Waals surface area contributed by atoms with Crippen molar-refractivity contribution in [2.24, 2.45) is 0 Å². The molecule has 4 aromatic rings. The summed E-state index contributed by atoms with van der Waals surface area (Å²) in [7, 11) is 0. The SMILES string of the molecule is CCc1cc(OCCCCCCCCCOc2ccc(-c3ccc(C#N)cc3)c(CC)c2)ccc1-c1ccc(C#N)cc1. The molecule has 4 heteroatoms. The van der Waals surface area contributed by atoms with Crippen molar-refractivity contribution < 1.29 is 9.47 Å². The fourth-order valence-electron chi connectivity index (χ4n) is 5.38. The van der Waals surface area contributed by atoms with E-state index in [0.717, 1.165) is 61.5 Å². The standard InChI is InChI=1S/C39H42N2O2/c1-3-32-26-36(20-22-38(32)34-16-12-30(28-40)13-17-34)42-24-10-8-6-5-7-9-11-25-43-37-21-23-39(33(4-2)27-37)35-18-14-31(29-41)15-19-35/h12-23,26-27H,3-11,24-25H2,1-2H3. The Morgan fingerprint density at radius 1 is 0.488 bits per heavy atom. The third kappa shape index (κ3) is 9.22. The van der Waals surface area contributed by atoms with E-state index < -0.39 is 0 Å². The lowest BCUT2D eigenvalue weighted by Gasteiger charge is -2.12. The first-order valence-corrected chi connectivity index (χ1v) is 15.7. The third-order valence-corrected chi connectivity index (χ3v) is 7.89. The highest BCUT2D eigenvalue weighted by Crippen LogP contribution is 2.30. The van der Waals surface area contributed by atoms with Crippen molar-refractivity contribution in [3.05, 3.63) is 107 Å². The van der Waals surface area contributed by atoms with E-state index >= 15 is 0 Å². The zero-order valence-corrected chi connectivity index (χ0v) is 25.6. The second-order valence-electron chi connectivity index (χ2n) is 10.9. The Bertz CT molecular complexity index is 1410. The Labute approximate surface area is 257 Å². The summed E-state index contributed by atoms with van der Waals surface area (Å²) in [6.07, 6.45) is 10.1. The van der Waals surface area contributed by atoms with E-state index in [1.807, 2.05) is 48.5 Å². The van der Waals surface area contributed by atoms with Crippen LogP contribution in [0.25, 0.3) is 22.3 Å². The van der Waals surface area contributed by atoms with Crippen LogP contribution < -0.4 is 9.47 Å². The van der Waals surface area contributed by atoms with Crippen LogP contribution in [0.4, 0.5) is 0 Å². The van der Waals surface area contributed by atoms with Crippen LogP contribution in [0.3, 0.4) is 0 Å². The van der Waals surface area contributed by atoms with Crippen molar-refractivity contribution >= 4 is 0 Å². The molecule has 0 fully saturated rings. The van der Waals surface area contributed by atoms with Crippen LogP contribution in [0.15, 0.2) is 84.9 Å². The quantitative estimate of drug-likeness (QED) is 0.126. The second kappa shape index (κ2) is 16.8. The normalized spacial score (nSPS) is 10.6. The average molecular weight is 571 g/mol. The molecule has 0 aromatic heterocycles. The zero-order chi connectivity index (χ0) is 30.3. The molecule has 0 saturated carbocycles. The fourth-order valence-corrected chi connectivity index (χ4v) is 5.38. The van der Waals surface area contributed by atoms with E-state index in [9.17, 15) is 0 Å². The molecule has 0 spiro atoms. The summed E-state index contributed by atoms with van der Waals surface area (Å²) in [5.41, 5.74) is 8.56. The molecule has 0 saturated heterocycles. The molecule has 0 unspecified atom stereocenters. The van der Waals surface area contributed by atoms with E-state index in [-0.39, 0.29) is 0 Å². The van der Waals surface area contributed by atoms with Crippen LogP contribution in [0.5, 0.6) is 11.5 Å². The smallest absolute Gasteiger partial charge is 0.119 e. The summed E-state index contributed by atoms with van der Waals surface area (Å²) in [5.74, 6) is 1.87. The number of aryl methyl sites for hydroxylation is 2. The summed E-state index contributed by atoms with van der Waals surface area (Å²) in [5, 5.41) is 18.1. The van der Waals surface area contributed by atoms with Crippen molar-refractivity contribution in [3.8, 4) is 45.9 Å². The molecule has 0 aliphatic rings. The topological polar surface area (TPSA) is 66.0 Å². The third-order valence-electron chi connectivity index (χ3n) is 7.89. The first-order valence-electron chi connectivity index (χ1n) is 15.7. The molecule has 0 aliphatic carbocycles. The predicted molar refractivity (Wildman–Crippen MR) is 175 cm³/mol. The minimum atomic E-state index is 0.682. The van der Waals surface area contributed by atoms with Gasteiger partial charge in [0.2, 0.25) is 0 Å². The molecule has 4 aromatic carbocycles. The molecular formula is C39H42N2O2. The maximum Gasteiger partial charge on any atom is 0.119 e. The van der Waals surface area contributed by atoms with Gasteiger partial charge in [-0.25, -0.2) is 0 Å². The lowest BCUT2D eigenvalue weighted by molar-refractivity contribution is 0.299. The molecule has 43 heavy (non-hydrogen) atoms. The zero-order valence-electron chi connectivity index (χ0n) is 25.6. The first-order chi connectivity index (χ1) is 21.1. The summed E-state index contributed by atoms with van der Waals surface area (Å²) in [6, 6.07) is 32.6. The predicted octanol–water partition coefficient (Wildman–Crippen LogP) is 10.1. The number of rotatable bonds is 16. The minimum absolute atomic E-state index is 0.682. The average Bonchev–Trinajstić information content (AvgIpc) is 3.07. The van der Waals surface area contributed by atoms with Gasteiger partial charge in [-0.2, -0.15) is 10.5 Å². The van der Waals surface area contributed by atoms with Gasteiger partial charge in [-0.05, 0) is 108 Å². The van der Waals surface area contributed by atoms with Crippen LogP contribution in [-0.2, 0) is 12.8 Å². The molecule has 220 valence electrons. The van der Waals surface area contributed by atoms with Gasteiger partial charge in [-0.15, -0.1) is 0 Å². The lowest BCUT2D eigenvalue weighted by atomic mass is 9.97. The molecule has 0 amide bonds. The van der Waals surface area contributed by atoms with Crippen LogP contribution in [-0.4, -0.2) is 13.2 Å². The molecule has 4 nitrogen and oxygen atoms in total. The van der Waals surface area contributed by atoms with Gasteiger partial charge in [0.05, 0.1) is 36.5 Å². The Morgan fingerprint density at radius 2 is 0.860 bits per heavy atom. The van der Waals surface area contributed by atoms with Crippen molar-refractivity contribution in [1.82, 2.24) is 0 Å². The van der Waals surface area contributed by atoms with Gasteiger partial charge in [0, 0.05) is 0 Å². The van der Waals surface area contributed by atoms with Gasteiger partial charge in [0.15, 0.2) is 0 Å². The highest BCUT2D eigenvalue weighted by molar-refractivity contribution is 5.70. The minimum Gasteiger partial charge on any atom is -0.494 e. The Morgan fingerprint density at radius 3 is 1.21 bits per heavy atom. The maximum atomic E-state index is 9.05. The second-order valence-corrected chi connectivity index (χ2v) is 10.9. The van der Waals surface area contributed by atoms with Crippen LogP contribution >= 0.6 is 0 Å². The monoisotopic (exact) mass is 570 g/mol. The number of nitriles is 2. The Balaban J connectivity index is 1.08. The Kier molecular flexibility index (Phi) is 12.3. The van der Waals surface area contributed by atoms with Crippen LogP contribution in [0.1, 0.15) is 81.0 Å². The Hall–Kier alpha value is -4.54. The highest BCUT2D eigenvalue weighted by atomic mass is 16.5. The molecule has 0 bridgehead atoms. The first kappa shape index (κ1) is 31.4. The van der Waals surface area contributed by atoms with E-state index in [1.54, 1.807) is 0 Å². The van der Waals surface area contributed by atoms with Crippen molar-refractivity contribution in [3.63, 3.8) is 0 Å². The largest absolute Gasteiger partial charge is 0.494 e. The van der Waals surface area contributed by atoms with E-state index in [0.29, 0.717) is 11.1 Å². The highest BCUT2D eigenvalue weighted by Gasteiger charge is 2.08. The molecular weight excluding hydrogens is 528 g/mol. The molecule has 0 N–H and O–H groups in total. The van der Waals surface area contributed by atoms with Gasteiger partial charge < -0.3 is 9.47 Å². The number of hydrogen-bond donors (Lipinski definition) is 0. The van der Waals surface area contributed by atoms with Gasteiger partial charge >= 0.3 is 0 Å². The van der Waals surface area contributed by atoms with Gasteiger partial charge in [-0.3, -0.25) is 0 Å². The van der Waals surface area contributed by atoms with Crippen molar-refractivity contribution in [1.29, 1.82) is 10.5 Å². The number of nitrogens with zero attached hydrogens (tertiary/aromatic N) is 2. The molecule has 0 aliphatic heterocycles. The number of benzene rings is 4. The summed E-state index contributed by atoms with van der Waals surface area (Å²) in [6.45, 7) is 5.82. The van der Waals surface area contributed by atoms with Gasteiger partial charge in [0.1, 0.15) is 11.5 Å². The van der Waals surface area contributed by atoms with Gasteiger partial charge in [0.25, 0.3) is 0 Å². The summed E-state index contributed by atoms with van der Waals surface area (Å²) >= 11 is 0. The molecule has 0 heterocycles. The van der Waals surface area contributed by atoms with Crippen LogP contribution in [0, 0.1) is 22.7 Å². The maximum absolute atomic E-state index is 9.05. The van der Waals surface area contributed by atoms with Gasteiger partial charge in [-0.1, -0.05) is 82.3 Å². The molecule has 4 rings (SSSR count). The number of hydrogen-bond acceptors (Lipinski definition) is 4. The number of unbranched alkanes of at least 4 members (excludes halogenated alkanes) is 6. The molecule has 0 radical (unpaired) electrons. The van der Waals surface area contributed by atoms with Crippen molar-refractivity contribution in [2.45, 2.75) is 71.6 Å². The summed E-state index contributed by atoms with van der Waals surface area (Å²) in [4.78, 5) is 0. The summed E-state index contributed by atoms with van der Waals surface area (Å²) < 4.78 is 12.1. The lowest BCUT2D eigenvalue weighted by Crippen LogP contribution is -1.99. The van der Waals surface area contributed by atoms with Crippen molar-refractivity contribution in [2.75, 3.05) is 13.2 Å². The van der Waals surface area contributed by atoms with E-state index in [1.165, 1.54) is 54.4 Å². The van der Waals surface area contributed by atoms with E-state index in [2.05, 4.69) is 62.4 Å². The number of ether oxygens (including phenoxy) is 2. The van der Waals surface area contributed by atoms with Crippen LogP contribution in [0.2, 0.25) is 0 Å². The van der Waals surface area contributed by atoms with E-state index in [4.69, 9.17) is 20.0 Å². The molecule has 0 atom stereocenters. The fraction of sp³-hybridized carbons (Fsp3) is 0.333.